The topological polar surface area (TPSA) is 39.7 Å². The van der Waals surface area contributed by atoms with E-state index in [4.69, 9.17) is 9.47 Å². The molecule has 4 nitrogen and oxygen atoms in total. The maximum Gasteiger partial charge on any atom is 0.573 e. The lowest BCUT2D eigenvalue weighted by atomic mass is 9.89. The van der Waals surface area contributed by atoms with Crippen LogP contribution in [-0.2, 0) is 4.74 Å². The average molecular weight is 396 g/mol. The van der Waals surface area contributed by atoms with Crippen molar-refractivity contribution >= 4 is 12.4 Å². The molecule has 1 aromatic rings. The van der Waals surface area contributed by atoms with Crippen molar-refractivity contribution in [1.82, 2.24) is 5.32 Å². The number of piperidine rings is 1. The normalized spacial score (nSPS) is 19.7. The van der Waals surface area contributed by atoms with E-state index in [-0.39, 0.29) is 18.2 Å². The van der Waals surface area contributed by atoms with E-state index in [0.29, 0.717) is 37.4 Å². The zero-order chi connectivity index (χ0) is 17.7. The maximum atomic E-state index is 12.5. The summed E-state index contributed by atoms with van der Waals surface area (Å²) in [6.07, 6.45) is -0.961. The van der Waals surface area contributed by atoms with Crippen LogP contribution in [0.3, 0.4) is 0 Å². The molecule has 2 fully saturated rings. The van der Waals surface area contributed by atoms with Crippen LogP contribution < -0.4 is 14.8 Å². The number of hydrogen-bond acceptors (Lipinski definition) is 4. The van der Waals surface area contributed by atoms with Crippen molar-refractivity contribution in [2.75, 3.05) is 32.9 Å². The van der Waals surface area contributed by atoms with E-state index in [1.807, 2.05) is 0 Å². The van der Waals surface area contributed by atoms with Gasteiger partial charge in [0.2, 0.25) is 0 Å². The van der Waals surface area contributed by atoms with Gasteiger partial charge in [-0.05, 0) is 62.2 Å². The quantitative estimate of drug-likeness (QED) is 0.807. The van der Waals surface area contributed by atoms with Crippen LogP contribution in [0.15, 0.2) is 18.2 Å². The van der Waals surface area contributed by atoms with E-state index in [2.05, 4.69) is 10.1 Å². The number of rotatable bonds is 5. The van der Waals surface area contributed by atoms with Gasteiger partial charge >= 0.3 is 6.36 Å². The van der Waals surface area contributed by atoms with Gasteiger partial charge < -0.3 is 19.5 Å². The Labute approximate surface area is 157 Å². The highest BCUT2D eigenvalue weighted by atomic mass is 35.5. The molecule has 2 aliphatic heterocycles. The van der Waals surface area contributed by atoms with Crippen LogP contribution >= 0.6 is 12.4 Å². The zero-order valence-electron chi connectivity index (χ0n) is 14.5. The lowest BCUT2D eigenvalue weighted by Gasteiger charge is -2.27. The fraction of sp³-hybridized carbons (Fsp3) is 0.667. The predicted molar refractivity (Wildman–Crippen MR) is 94.3 cm³/mol. The van der Waals surface area contributed by atoms with Crippen LogP contribution in [0.5, 0.6) is 11.5 Å². The summed E-state index contributed by atoms with van der Waals surface area (Å²) < 4.78 is 52.9. The molecule has 0 saturated carbocycles. The standard InChI is InChI=1S/C18H24F3NO3.ClH/c19-18(20,21)25-15-1-2-16(14-3-7-22-8-4-14)17(11-15)24-12-13-5-9-23-10-6-13;/h1-2,11,13-14,22H,3-10,12H2;1H. The van der Waals surface area contributed by atoms with Gasteiger partial charge in [0.05, 0.1) is 6.61 Å². The molecular weight excluding hydrogens is 371 g/mol. The monoisotopic (exact) mass is 395 g/mol. The highest BCUT2D eigenvalue weighted by Crippen LogP contribution is 2.37. The fourth-order valence-electron chi connectivity index (χ4n) is 3.43. The third-order valence-corrected chi connectivity index (χ3v) is 4.81. The molecule has 0 radical (unpaired) electrons. The summed E-state index contributed by atoms with van der Waals surface area (Å²) in [6, 6.07) is 4.48. The van der Waals surface area contributed by atoms with Gasteiger partial charge in [-0.3, -0.25) is 0 Å². The summed E-state index contributed by atoms with van der Waals surface area (Å²) in [5, 5.41) is 3.30. The Morgan fingerprint density at radius 2 is 1.77 bits per heavy atom. The molecule has 0 aliphatic carbocycles. The molecule has 0 spiro atoms. The van der Waals surface area contributed by atoms with E-state index in [0.717, 1.165) is 44.3 Å². The second-order valence-corrected chi connectivity index (χ2v) is 6.64. The maximum absolute atomic E-state index is 12.5. The van der Waals surface area contributed by atoms with Crippen molar-refractivity contribution < 1.29 is 27.4 Å². The molecule has 0 amide bonds. The minimum absolute atomic E-state index is 0. The van der Waals surface area contributed by atoms with Gasteiger partial charge in [0.25, 0.3) is 0 Å². The van der Waals surface area contributed by atoms with Crippen LogP contribution in [0, 0.1) is 5.92 Å². The minimum atomic E-state index is -4.70. The molecule has 1 aromatic carbocycles. The van der Waals surface area contributed by atoms with Gasteiger partial charge in [-0.2, -0.15) is 0 Å². The van der Waals surface area contributed by atoms with Crippen LogP contribution in [0.2, 0.25) is 0 Å². The highest BCUT2D eigenvalue weighted by Gasteiger charge is 2.32. The molecule has 0 unspecified atom stereocenters. The lowest BCUT2D eigenvalue weighted by molar-refractivity contribution is -0.274. The number of nitrogens with one attached hydrogen (secondary N) is 1. The Morgan fingerprint density at radius 3 is 2.42 bits per heavy atom. The third kappa shape index (κ3) is 6.21. The van der Waals surface area contributed by atoms with E-state index < -0.39 is 6.36 Å². The first-order chi connectivity index (χ1) is 12.0. The number of hydrogen-bond donors (Lipinski definition) is 1. The molecule has 1 N–H and O–H groups in total. The van der Waals surface area contributed by atoms with Crippen molar-refractivity contribution in [2.24, 2.45) is 5.92 Å². The Bertz CT molecular complexity index is 559. The van der Waals surface area contributed by atoms with Crippen LogP contribution in [0.4, 0.5) is 13.2 Å². The Morgan fingerprint density at radius 1 is 1.08 bits per heavy atom. The molecule has 0 aromatic heterocycles. The predicted octanol–water partition coefficient (Wildman–Crippen LogP) is 4.28. The van der Waals surface area contributed by atoms with Crippen LogP contribution in [0.1, 0.15) is 37.2 Å². The first-order valence-corrected chi connectivity index (χ1v) is 8.82. The SMILES string of the molecule is Cl.FC(F)(F)Oc1ccc(C2CCNCC2)c(OCC2CCOCC2)c1. The molecule has 0 bridgehead atoms. The molecule has 3 rings (SSSR count). The van der Waals surface area contributed by atoms with Crippen molar-refractivity contribution in [3.8, 4) is 11.5 Å². The molecule has 148 valence electrons. The van der Waals surface area contributed by atoms with Gasteiger partial charge in [-0.15, -0.1) is 25.6 Å². The fourth-order valence-corrected chi connectivity index (χ4v) is 3.43. The minimum Gasteiger partial charge on any atom is -0.493 e. The summed E-state index contributed by atoms with van der Waals surface area (Å²) in [7, 11) is 0. The van der Waals surface area contributed by atoms with Gasteiger partial charge in [0.15, 0.2) is 0 Å². The molecule has 2 aliphatic rings. The molecule has 2 saturated heterocycles. The van der Waals surface area contributed by atoms with Crippen molar-refractivity contribution in [3.05, 3.63) is 23.8 Å². The Hall–Kier alpha value is -1.18. The number of ether oxygens (including phenoxy) is 3. The zero-order valence-corrected chi connectivity index (χ0v) is 15.3. The van der Waals surface area contributed by atoms with Crippen molar-refractivity contribution in [3.63, 3.8) is 0 Å². The largest absolute Gasteiger partial charge is 0.573 e. The molecule has 26 heavy (non-hydrogen) atoms. The molecule has 0 atom stereocenters. The number of benzene rings is 1. The van der Waals surface area contributed by atoms with Crippen molar-refractivity contribution in [1.29, 1.82) is 0 Å². The van der Waals surface area contributed by atoms with Gasteiger partial charge in [-0.25, -0.2) is 0 Å². The Balaban J connectivity index is 0.00000243. The van der Waals surface area contributed by atoms with Crippen LogP contribution in [-0.4, -0.2) is 39.3 Å². The van der Waals surface area contributed by atoms with E-state index in [1.54, 1.807) is 6.07 Å². The molecular formula is C18H25ClF3NO3. The number of halogens is 4. The highest BCUT2D eigenvalue weighted by molar-refractivity contribution is 5.85. The summed E-state index contributed by atoms with van der Waals surface area (Å²) >= 11 is 0. The first kappa shape index (κ1) is 21.1. The van der Waals surface area contributed by atoms with Gasteiger partial charge in [0, 0.05) is 19.3 Å². The Kier molecular flexibility index (Phi) is 7.85. The number of alkyl halides is 3. The molecule has 8 heteroatoms. The second-order valence-electron chi connectivity index (χ2n) is 6.64. The van der Waals surface area contributed by atoms with E-state index in [9.17, 15) is 13.2 Å². The van der Waals surface area contributed by atoms with E-state index in [1.165, 1.54) is 12.1 Å². The van der Waals surface area contributed by atoms with Gasteiger partial charge in [0.1, 0.15) is 11.5 Å². The summed E-state index contributed by atoms with van der Waals surface area (Å²) in [4.78, 5) is 0. The third-order valence-electron chi connectivity index (χ3n) is 4.81. The smallest absolute Gasteiger partial charge is 0.493 e. The molecule has 2 heterocycles. The second kappa shape index (κ2) is 9.67. The average Bonchev–Trinajstić information content (AvgIpc) is 2.60. The summed E-state index contributed by atoms with van der Waals surface area (Å²) in [5.41, 5.74) is 0.975. The van der Waals surface area contributed by atoms with Crippen LogP contribution in [0.25, 0.3) is 0 Å². The summed E-state index contributed by atoms with van der Waals surface area (Å²) in [5.74, 6) is 0.958. The van der Waals surface area contributed by atoms with E-state index >= 15 is 0 Å². The van der Waals surface area contributed by atoms with Crippen molar-refractivity contribution in [2.45, 2.75) is 38.0 Å². The first-order valence-electron chi connectivity index (χ1n) is 8.82. The summed E-state index contributed by atoms with van der Waals surface area (Å²) in [6.45, 7) is 3.74. The lowest BCUT2D eigenvalue weighted by Crippen LogP contribution is -2.27. The van der Waals surface area contributed by atoms with Gasteiger partial charge in [-0.1, -0.05) is 6.07 Å².